The van der Waals surface area contributed by atoms with Crippen LogP contribution in [-0.2, 0) is 11.2 Å². The maximum Gasteiger partial charge on any atom is 0.307 e. The van der Waals surface area contributed by atoms with Crippen molar-refractivity contribution in [2.75, 3.05) is 20.1 Å². The van der Waals surface area contributed by atoms with Crippen molar-refractivity contribution in [1.82, 2.24) is 9.88 Å². The molecule has 1 rings (SSSR count). The van der Waals surface area contributed by atoms with Gasteiger partial charge in [-0.3, -0.25) is 9.78 Å². The van der Waals surface area contributed by atoms with Crippen molar-refractivity contribution in [1.29, 1.82) is 0 Å². The highest BCUT2D eigenvalue weighted by Gasteiger charge is 2.13. The number of rotatable bonds is 6. The van der Waals surface area contributed by atoms with Crippen molar-refractivity contribution in [3.05, 3.63) is 30.1 Å². The SMILES string of the molecule is CC(CN(C)CCc1cccnc1)C(=O)O. The number of pyridine rings is 1. The van der Waals surface area contributed by atoms with Crippen molar-refractivity contribution < 1.29 is 9.90 Å². The Morgan fingerprint density at radius 2 is 2.38 bits per heavy atom. The van der Waals surface area contributed by atoms with E-state index in [0.29, 0.717) is 6.54 Å². The molecule has 4 nitrogen and oxygen atoms in total. The number of nitrogens with zero attached hydrogens (tertiary/aromatic N) is 2. The van der Waals surface area contributed by atoms with Gasteiger partial charge in [-0.1, -0.05) is 13.0 Å². The van der Waals surface area contributed by atoms with Crippen molar-refractivity contribution in [2.24, 2.45) is 5.92 Å². The third-order valence-corrected chi connectivity index (χ3v) is 2.51. The average Bonchev–Trinajstić information content (AvgIpc) is 2.27. The second-order valence-electron chi connectivity index (χ2n) is 4.11. The third-order valence-electron chi connectivity index (χ3n) is 2.51. The molecule has 0 saturated heterocycles. The van der Waals surface area contributed by atoms with Gasteiger partial charge in [-0.2, -0.15) is 0 Å². The summed E-state index contributed by atoms with van der Waals surface area (Å²) < 4.78 is 0. The van der Waals surface area contributed by atoms with Gasteiger partial charge < -0.3 is 10.0 Å². The van der Waals surface area contributed by atoms with Crippen LogP contribution < -0.4 is 0 Å². The molecule has 1 N–H and O–H groups in total. The first-order valence-electron chi connectivity index (χ1n) is 5.40. The maximum atomic E-state index is 10.7. The molecular formula is C12H18N2O2. The molecule has 1 aromatic heterocycles. The van der Waals surface area contributed by atoms with Crippen LogP contribution >= 0.6 is 0 Å². The molecule has 0 aliphatic carbocycles. The Hall–Kier alpha value is -1.42. The first-order chi connectivity index (χ1) is 7.59. The highest BCUT2D eigenvalue weighted by atomic mass is 16.4. The minimum absolute atomic E-state index is 0.320. The molecule has 1 unspecified atom stereocenters. The summed E-state index contributed by atoms with van der Waals surface area (Å²) in [5.41, 5.74) is 1.18. The number of carboxylic acid groups (broad SMARTS) is 1. The molecule has 0 spiro atoms. The van der Waals surface area contributed by atoms with E-state index in [-0.39, 0.29) is 5.92 Å². The van der Waals surface area contributed by atoms with Crippen LogP contribution in [0.1, 0.15) is 12.5 Å². The predicted molar refractivity (Wildman–Crippen MR) is 62.2 cm³/mol. The monoisotopic (exact) mass is 222 g/mol. The smallest absolute Gasteiger partial charge is 0.307 e. The second-order valence-corrected chi connectivity index (χ2v) is 4.11. The Morgan fingerprint density at radius 3 is 2.94 bits per heavy atom. The van der Waals surface area contributed by atoms with Crippen molar-refractivity contribution in [3.63, 3.8) is 0 Å². The maximum absolute atomic E-state index is 10.7. The molecule has 0 amide bonds. The number of carboxylic acids is 1. The van der Waals surface area contributed by atoms with Gasteiger partial charge >= 0.3 is 5.97 Å². The molecule has 1 heterocycles. The number of aromatic nitrogens is 1. The fourth-order valence-electron chi connectivity index (χ4n) is 1.50. The number of likely N-dealkylation sites (N-methyl/N-ethyl adjacent to an activating group) is 1. The molecule has 4 heteroatoms. The predicted octanol–water partition coefficient (Wildman–Crippen LogP) is 1.28. The first kappa shape index (κ1) is 12.6. The van der Waals surface area contributed by atoms with E-state index in [4.69, 9.17) is 5.11 Å². The van der Waals surface area contributed by atoms with E-state index in [1.54, 1.807) is 13.1 Å². The fraction of sp³-hybridized carbons (Fsp3) is 0.500. The normalized spacial score (nSPS) is 12.7. The second kappa shape index (κ2) is 6.23. The molecule has 0 bridgehead atoms. The summed E-state index contributed by atoms with van der Waals surface area (Å²) in [5.74, 6) is -1.06. The van der Waals surface area contributed by atoms with Gasteiger partial charge in [0.05, 0.1) is 5.92 Å². The summed E-state index contributed by atoms with van der Waals surface area (Å²) in [4.78, 5) is 16.7. The molecule has 0 aromatic carbocycles. The summed E-state index contributed by atoms with van der Waals surface area (Å²) >= 11 is 0. The quantitative estimate of drug-likeness (QED) is 0.787. The Labute approximate surface area is 95.9 Å². The molecule has 0 radical (unpaired) electrons. The van der Waals surface area contributed by atoms with Gasteiger partial charge in [0.2, 0.25) is 0 Å². The summed E-state index contributed by atoms with van der Waals surface area (Å²) in [6, 6.07) is 3.94. The van der Waals surface area contributed by atoms with Crippen LogP contribution in [0.4, 0.5) is 0 Å². The highest BCUT2D eigenvalue weighted by Crippen LogP contribution is 2.01. The Bertz CT molecular complexity index is 327. The minimum atomic E-state index is -0.742. The number of hydrogen-bond acceptors (Lipinski definition) is 3. The first-order valence-corrected chi connectivity index (χ1v) is 5.40. The number of aliphatic carboxylic acids is 1. The lowest BCUT2D eigenvalue weighted by Crippen LogP contribution is -2.30. The topological polar surface area (TPSA) is 53.4 Å². The summed E-state index contributed by atoms with van der Waals surface area (Å²) in [6.07, 6.45) is 4.49. The van der Waals surface area contributed by atoms with Gasteiger partial charge in [0.25, 0.3) is 0 Å². The van der Waals surface area contributed by atoms with Crippen LogP contribution in [0.3, 0.4) is 0 Å². The zero-order valence-electron chi connectivity index (χ0n) is 9.76. The zero-order valence-corrected chi connectivity index (χ0v) is 9.76. The van der Waals surface area contributed by atoms with Crippen LogP contribution in [0.2, 0.25) is 0 Å². The van der Waals surface area contributed by atoms with E-state index in [1.807, 2.05) is 30.3 Å². The molecule has 1 atom stereocenters. The summed E-state index contributed by atoms with van der Waals surface area (Å²) in [5, 5.41) is 8.78. The Morgan fingerprint density at radius 1 is 1.62 bits per heavy atom. The standard InChI is InChI=1S/C12H18N2O2/c1-10(12(15)16)9-14(2)7-5-11-4-3-6-13-8-11/h3-4,6,8,10H,5,7,9H2,1-2H3,(H,15,16). The average molecular weight is 222 g/mol. The largest absolute Gasteiger partial charge is 0.481 e. The van der Waals surface area contributed by atoms with Crippen LogP contribution in [0.25, 0.3) is 0 Å². The van der Waals surface area contributed by atoms with E-state index in [2.05, 4.69) is 4.98 Å². The van der Waals surface area contributed by atoms with Crippen LogP contribution in [0.15, 0.2) is 24.5 Å². The van der Waals surface area contributed by atoms with E-state index in [0.717, 1.165) is 13.0 Å². The fourth-order valence-corrected chi connectivity index (χ4v) is 1.50. The highest BCUT2D eigenvalue weighted by molar-refractivity contribution is 5.69. The van der Waals surface area contributed by atoms with Gasteiger partial charge in [-0.15, -0.1) is 0 Å². The lowest BCUT2D eigenvalue weighted by atomic mass is 10.1. The third kappa shape index (κ3) is 4.40. The van der Waals surface area contributed by atoms with E-state index in [9.17, 15) is 4.79 Å². The molecule has 1 aromatic rings. The molecule has 0 aliphatic heterocycles. The van der Waals surface area contributed by atoms with Gasteiger partial charge in [0.15, 0.2) is 0 Å². The number of hydrogen-bond donors (Lipinski definition) is 1. The van der Waals surface area contributed by atoms with Crippen LogP contribution in [-0.4, -0.2) is 41.1 Å². The molecule has 0 saturated carbocycles. The molecule has 0 fully saturated rings. The zero-order chi connectivity index (χ0) is 12.0. The van der Waals surface area contributed by atoms with Gasteiger partial charge in [0.1, 0.15) is 0 Å². The van der Waals surface area contributed by atoms with Gasteiger partial charge in [-0.25, -0.2) is 0 Å². The van der Waals surface area contributed by atoms with Crippen LogP contribution in [0.5, 0.6) is 0 Å². The molecule has 88 valence electrons. The van der Waals surface area contributed by atoms with E-state index in [1.165, 1.54) is 5.56 Å². The van der Waals surface area contributed by atoms with Gasteiger partial charge in [0, 0.05) is 25.5 Å². The number of carbonyl (C=O) groups is 1. The minimum Gasteiger partial charge on any atom is -0.481 e. The van der Waals surface area contributed by atoms with Crippen molar-refractivity contribution >= 4 is 5.97 Å². The molecular weight excluding hydrogens is 204 g/mol. The lowest BCUT2D eigenvalue weighted by molar-refractivity contribution is -0.141. The summed E-state index contributed by atoms with van der Waals surface area (Å²) in [6.45, 7) is 3.15. The molecule has 0 aliphatic rings. The summed E-state index contributed by atoms with van der Waals surface area (Å²) in [7, 11) is 1.94. The van der Waals surface area contributed by atoms with Crippen LogP contribution in [0, 0.1) is 5.92 Å². The van der Waals surface area contributed by atoms with Gasteiger partial charge in [-0.05, 0) is 25.1 Å². The van der Waals surface area contributed by atoms with Crippen molar-refractivity contribution in [3.8, 4) is 0 Å². The Balaban J connectivity index is 2.30. The van der Waals surface area contributed by atoms with E-state index >= 15 is 0 Å². The molecule has 16 heavy (non-hydrogen) atoms. The van der Waals surface area contributed by atoms with Crippen molar-refractivity contribution in [2.45, 2.75) is 13.3 Å². The lowest BCUT2D eigenvalue weighted by Gasteiger charge is -2.18. The van der Waals surface area contributed by atoms with E-state index < -0.39 is 5.97 Å². The Kier molecular flexibility index (Phi) is 4.92.